The van der Waals surface area contributed by atoms with Gasteiger partial charge in [0, 0.05) is 18.8 Å². The van der Waals surface area contributed by atoms with Gasteiger partial charge in [-0.25, -0.2) is 0 Å². The van der Waals surface area contributed by atoms with E-state index in [1.54, 1.807) is 0 Å². The van der Waals surface area contributed by atoms with Gasteiger partial charge in [-0.15, -0.1) is 0 Å². The number of nitrogens with zero attached hydrogens (tertiary/aromatic N) is 1. The fraction of sp³-hybridized carbons (Fsp3) is 0.600. The van der Waals surface area contributed by atoms with Gasteiger partial charge in [0.1, 0.15) is 0 Å². The Balaban J connectivity index is 2.66. The first-order chi connectivity index (χ1) is 8.31. The van der Waals surface area contributed by atoms with Gasteiger partial charge in [0.2, 0.25) is 0 Å². The number of rotatable bonds is 8. The first-order valence-corrected chi connectivity index (χ1v) is 7.35. The Labute approximate surface area is 112 Å². The second-order valence-corrected chi connectivity index (χ2v) is 4.96. The molecule has 96 valence electrons. The molecule has 17 heavy (non-hydrogen) atoms. The van der Waals surface area contributed by atoms with Crippen LogP contribution < -0.4 is 4.90 Å². The smallest absolute Gasteiger partial charge is 0.0366 e. The maximum absolute atomic E-state index is 4.45. The molecule has 0 fully saturated rings. The second-order valence-electron chi connectivity index (χ2n) is 4.59. The monoisotopic (exact) mass is 251 g/mol. The highest BCUT2D eigenvalue weighted by atomic mass is 32.1. The summed E-state index contributed by atoms with van der Waals surface area (Å²) >= 11 is 4.45. The van der Waals surface area contributed by atoms with Gasteiger partial charge in [-0.1, -0.05) is 44.9 Å². The second kappa shape index (κ2) is 8.46. The molecule has 2 heteroatoms. The van der Waals surface area contributed by atoms with Crippen LogP contribution in [0.2, 0.25) is 0 Å². The number of benzene rings is 1. The zero-order valence-electron chi connectivity index (χ0n) is 11.1. The lowest BCUT2D eigenvalue weighted by molar-refractivity contribution is 0.545. The van der Waals surface area contributed by atoms with Crippen LogP contribution in [0.1, 0.15) is 33.1 Å². The molecule has 0 N–H and O–H groups in total. The molecule has 1 rings (SSSR count). The Morgan fingerprint density at radius 3 is 2.41 bits per heavy atom. The summed E-state index contributed by atoms with van der Waals surface area (Å²) < 4.78 is 0. The van der Waals surface area contributed by atoms with E-state index >= 15 is 0 Å². The quantitative estimate of drug-likeness (QED) is 0.676. The van der Waals surface area contributed by atoms with E-state index in [1.165, 1.54) is 24.9 Å². The van der Waals surface area contributed by atoms with Gasteiger partial charge in [-0.3, -0.25) is 0 Å². The van der Waals surface area contributed by atoms with Crippen molar-refractivity contribution in [1.82, 2.24) is 0 Å². The Morgan fingerprint density at radius 1 is 1.18 bits per heavy atom. The van der Waals surface area contributed by atoms with Crippen molar-refractivity contribution in [3.8, 4) is 0 Å². The van der Waals surface area contributed by atoms with Crippen LogP contribution in [-0.2, 0) is 0 Å². The number of thiol groups is 1. The molecule has 1 aromatic rings. The third-order valence-electron chi connectivity index (χ3n) is 3.22. The van der Waals surface area contributed by atoms with Crippen LogP contribution in [0.15, 0.2) is 30.3 Å². The highest BCUT2D eigenvalue weighted by Gasteiger charge is 2.11. The van der Waals surface area contributed by atoms with Crippen LogP contribution in [0.4, 0.5) is 5.69 Å². The fourth-order valence-corrected chi connectivity index (χ4v) is 2.31. The summed E-state index contributed by atoms with van der Waals surface area (Å²) in [6, 6.07) is 10.7. The molecule has 1 unspecified atom stereocenters. The highest BCUT2D eigenvalue weighted by molar-refractivity contribution is 7.80. The number of anilines is 1. The molecule has 0 spiro atoms. The molecule has 0 aliphatic heterocycles. The van der Waals surface area contributed by atoms with Crippen molar-refractivity contribution in [1.29, 1.82) is 0 Å². The van der Waals surface area contributed by atoms with Crippen molar-refractivity contribution in [3.05, 3.63) is 30.3 Å². The minimum absolute atomic E-state index is 0.690. The minimum atomic E-state index is 0.690. The van der Waals surface area contributed by atoms with E-state index in [2.05, 4.69) is 61.7 Å². The van der Waals surface area contributed by atoms with E-state index in [-0.39, 0.29) is 0 Å². The Kier molecular flexibility index (Phi) is 7.18. The Bertz CT molecular complexity index is 282. The molecule has 0 amide bonds. The van der Waals surface area contributed by atoms with Crippen LogP contribution in [0.5, 0.6) is 0 Å². The maximum Gasteiger partial charge on any atom is 0.0366 e. The van der Waals surface area contributed by atoms with E-state index in [0.29, 0.717) is 5.92 Å². The predicted molar refractivity (Wildman–Crippen MR) is 81.2 cm³/mol. The lowest BCUT2D eigenvalue weighted by Gasteiger charge is -2.28. The van der Waals surface area contributed by atoms with Crippen molar-refractivity contribution in [2.75, 3.05) is 23.7 Å². The van der Waals surface area contributed by atoms with Crippen molar-refractivity contribution in [3.63, 3.8) is 0 Å². The van der Waals surface area contributed by atoms with E-state index in [4.69, 9.17) is 0 Å². The van der Waals surface area contributed by atoms with E-state index in [1.807, 2.05) is 0 Å². The standard InChI is InChI=1S/C15H25NS/c1-3-5-11-16(12-14(4-2)13-17)15-9-7-6-8-10-15/h6-10,14,17H,3-5,11-13H2,1-2H3. The van der Waals surface area contributed by atoms with Crippen molar-refractivity contribution in [2.45, 2.75) is 33.1 Å². The largest absolute Gasteiger partial charge is 0.371 e. The topological polar surface area (TPSA) is 3.24 Å². The van der Waals surface area contributed by atoms with Crippen LogP contribution in [0, 0.1) is 5.92 Å². The number of hydrogen-bond donors (Lipinski definition) is 1. The van der Waals surface area contributed by atoms with Gasteiger partial charge in [0.05, 0.1) is 0 Å². The van der Waals surface area contributed by atoms with Gasteiger partial charge in [0.15, 0.2) is 0 Å². The lowest BCUT2D eigenvalue weighted by Crippen LogP contribution is -2.31. The predicted octanol–water partition coefficient (Wildman–Crippen LogP) is 4.25. The summed E-state index contributed by atoms with van der Waals surface area (Å²) in [6.07, 6.45) is 3.72. The molecular weight excluding hydrogens is 226 g/mol. The summed E-state index contributed by atoms with van der Waals surface area (Å²) in [5, 5.41) is 0. The summed E-state index contributed by atoms with van der Waals surface area (Å²) in [7, 11) is 0. The molecule has 0 saturated carbocycles. The molecule has 0 aromatic heterocycles. The fourth-order valence-electron chi connectivity index (χ4n) is 1.94. The maximum atomic E-state index is 4.45. The third kappa shape index (κ3) is 5.03. The summed E-state index contributed by atoms with van der Waals surface area (Å²) in [4.78, 5) is 2.51. The Morgan fingerprint density at radius 2 is 1.88 bits per heavy atom. The number of hydrogen-bond acceptors (Lipinski definition) is 2. The van der Waals surface area contributed by atoms with Gasteiger partial charge >= 0.3 is 0 Å². The van der Waals surface area contributed by atoms with Crippen LogP contribution in [0.25, 0.3) is 0 Å². The molecule has 0 bridgehead atoms. The third-order valence-corrected chi connectivity index (χ3v) is 3.73. The van der Waals surface area contributed by atoms with Gasteiger partial charge < -0.3 is 4.90 Å². The normalized spacial score (nSPS) is 12.4. The molecule has 0 saturated heterocycles. The Hall–Kier alpha value is -0.630. The summed E-state index contributed by atoms with van der Waals surface area (Å²) in [5.74, 6) is 1.67. The van der Waals surface area contributed by atoms with Gasteiger partial charge in [-0.2, -0.15) is 12.6 Å². The first kappa shape index (κ1) is 14.4. The molecular formula is C15H25NS. The zero-order valence-corrected chi connectivity index (χ0v) is 12.0. The van der Waals surface area contributed by atoms with Crippen LogP contribution >= 0.6 is 12.6 Å². The summed E-state index contributed by atoms with van der Waals surface area (Å²) in [5.41, 5.74) is 1.35. The van der Waals surface area contributed by atoms with Crippen molar-refractivity contribution < 1.29 is 0 Å². The molecule has 0 aliphatic carbocycles. The lowest BCUT2D eigenvalue weighted by atomic mass is 10.1. The van der Waals surface area contributed by atoms with E-state index in [9.17, 15) is 0 Å². The van der Waals surface area contributed by atoms with Crippen molar-refractivity contribution >= 4 is 18.3 Å². The van der Waals surface area contributed by atoms with Crippen molar-refractivity contribution in [2.24, 2.45) is 5.92 Å². The number of para-hydroxylation sites is 1. The minimum Gasteiger partial charge on any atom is -0.371 e. The van der Waals surface area contributed by atoms with Crippen LogP contribution in [0.3, 0.4) is 0 Å². The average Bonchev–Trinajstić information content (AvgIpc) is 2.40. The van der Waals surface area contributed by atoms with E-state index in [0.717, 1.165) is 18.8 Å². The average molecular weight is 251 g/mol. The zero-order chi connectivity index (χ0) is 12.5. The SMILES string of the molecule is CCCCN(CC(CC)CS)c1ccccc1. The molecule has 1 atom stereocenters. The molecule has 0 radical (unpaired) electrons. The number of unbranched alkanes of at least 4 members (excludes halogenated alkanes) is 1. The molecule has 1 nitrogen and oxygen atoms in total. The van der Waals surface area contributed by atoms with E-state index < -0.39 is 0 Å². The summed E-state index contributed by atoms with van der Waals surface area (Å²) in [6.45, 7) is 6.79. The molecule has 0 aliphatic rings. The molecule has 1 aromatic carbocycles. The van der Waals surface area contributed by atoms with Crippen LogP contribution in [-0.4, -0.2) is 18.8 Å². The first-order valence-electron chi connectivity index (χ1n) is 6.72. The highest BCUT2D eigenvalue weighted by Crippen LogP contribution is 2.17. The van der Waals surface area contributed by atoms with Gasteiger partial charge in [-0.05, 0) is 30.2 Å². The van der Waals surface area contributed by atoms with Gasteiger partial charge in [0.25, 0.3) is 0 Å². The molecule has 0 heterocycles.